The van der Waals surface area contributed by atoms with Crippen LogP contribution >= 0.6 is 0 Å². The first-order valence-electron chi connectivity index (χ1n) is 2.81. The molecule has 0 heterocycles. The molecule has 1 rings (SSSR count). The Kier molecular flexibility index (Phi) is 2.10. The lowest BCUT2D eigenvalue weighted by molar-refractivity contribution is 0.500. The second-order valence-corrected chi connectivity index (χ2v) is 3.27. The van der Waals surface area contributed by atoms with E-state index in [-0.39, 0.29) is 0 Å². The minimum Gasteiger partial charge on any atom is -0.205 e. The summed E-state index contributed by atoms with van der Waals surface area (Å²) >= 11 is 0. The fraction of sp³-hybridized carbons (Fsp3) is 0. The van der Waals surface area contributed by atoms with E-state index < -0.39 is 26.8 Å². The maximum absolute atomic E-state index is 12.5. The van der Waals surface area contributed by atoms with Crippen molar-refractivity contribution in [3.63, 3.8) is 0 Å². The van der Waals surface area contributed by atoms with Crippen molar-refractivity contribution < 1.29 is 21.1 Å². The lowest BCUT2D eigenvalue weighted by Crippen LogP contribution is -1.99. The second kappa shape index (κ2) is 2.78. The number of hydrogen-bond acceptors (Lipinski definition) is 2. The number of rotatable bonds is 1. The van der Waals surface area contributed by atoms with Gasteiger partial charge in [0.1, 0.15) is 11.6 Å². The van der Waals surface area contributed by atoms with E-state index in [1.807, 2.05) is 0 Å². The van der Waals surface area contributed by atoms with Gasteiger partial charge in [-0.3, -0.25) is 0 Å². The first kappa shape index (κ1) is 9.05. The van der Waals surface area contributed by atoms with Crippen LogP contribution in [-0.4, -0.2) is 8.42 Å². The summed E-state index contributed by atoms with van der Waals surface area (Å²) in [6.07, 6.45) is 0. The highest BCUT2D eigenvalue weighted by Gasteiger charge is 2.22. The van der Waals surface area contributed by atoms with Gasteiger partial charge in [-0.25, -0.2) is 8.78 Å². The van der Waals surface area contributed by atoms with Crippen molar-refractivity contribution in [1.29, 1.82) is 0 Å². The van der Waals surface area contributed by atoms with Gasteiger partial charge in [0.2, 0.25) is 0 Å². The zero-order valence-electron chi connectivity index (χ0n) is 5.59. The van der Waals surface area contributed by atoms with Crippen LogP contribution in [0.1, 0.15) is 0 Å². The Morgan fingerprint density at radius 3 is 1.75 bits per heavy atom. The van der Waals surface area contributed by atoms with Crippen LogP contribution in [0.3, 0.4) is 0 Å². The summed E-state index contributed by atoms with van der Waals surface area (Å²) in [6.45, 7) is 0. The monoisotopic (exact) mass is 196 g/mol. The molecule has 2 nitrogen and oxygen atoms in total. The minimum absolute atomic E-state index is 0.662. The molecule has 0 aliphatic heterocycles. The van der Waals surface area contributed by atoms with E-state index in [4.69, 9.17) is 0 Å². The van der Waals surface area contributed by atoms with Gasteiger partial charge >= 0.3 is 10.2 Å². The molecule has 1 aromatic rings. The van der Waals surface area contributed by atoms with E-state index in [9.17, 15) is 21.1 Å². The Morgan fingerprint density at radius 2 is 1.50 bits per heavy atom. The van der Waals surface area contributed by atoms with Crippen molar-refractivity contribution in [2.45, 2.75) is 4.90 Å². The van der Waals surface area contributed by atoms with Gasteiger partial charge in [0.05, 0.1) is 0 Å². The maximum atomic E-state index is 12.5. The molecule has 0 spiro atoms. The average molecular weight is 196 g/mol. The molecule has 0 aliphatic carbocycles. The zero-order valence-corrected chi connectivity index (χ0v) is 6.41. The molecular formula is C6H3F3O2S. The van der Waals surface area contributed by atoms with E-state index in [1.54, 1.807) is 0 Å². The molecule has 0 radical (unpaired) electrons. The topological polar surface area (TPSA) is 34.1 Å². The largest absolute Gasteiger partial charge is 0.337 e. The average Bonchev–Trinajstić information content (AvgIpc) is 1.82. The van der Waals surface area contributed by atoms with Crippen molar-refractivity contribution in [3.05, 3.63) is 29.8 Å². The van der Waals surface area contributed by atoms with Gasteiger partial charge < -0.3 is 0 Å². The van der Waals surface area contributed by atoms with Gasteiger partial charge in [-0.05, 0) is 12.1 Å². The van der Waals surface area contributed by atoms with Gasteiger partial charge in [-0.1, -0.05) is 6.07 Å². The molecule has 0 amide bonds. The fourth-order valence-corrected chi connectivity index (χ4v) is 1.32. The van der Waals surface area contributed by atoms with E-state index in [0.29, 0.717) is 12.1 Å². The van der Waals surface area contributed by atoms with Gasteiger partial charge in [-0.15, -0.1) is 3.89 Å². The highest BCUT2D eigenvalue weighted by Crippen LogP contribution is 2.19. The normalized spacial score (nSPS) is 11.6. The lowest BCUT2D eigenvalue weighted by atomic mass is 10.3. The molecule has 0 N–H and O–H groups in total. The third-order valence-corrected chi connectivity index (χ3v) is 2.04. The number of halogens is 3. The lowest BCUT2D eigenvalue weighted by Gasteiger charge is -1.97. The van der Waals surface area contributed by atoms with Crippen LogP contribution in [0.15, 0.2) is 23.1 Å². The van der Waals surface area contributed by atoms with Crippen LogP contribution in [0.4, 0.5) is 12.7 Å². The van der Waals surface area contributed by atoms with Crippen LogP contribution < -0.4 is 0 Å². The SMILES string of the molecule is O=S(=O)(F)c1c(F)cccc1F. The van der Waals surface area contributed by atoms with Gasteiger partial charge in [-0.2, -0.15) is 8.42 Å². The number of hydrogen-bond donors (Lipinski definition) is 0. The number of benzene rings is 1. The van der Waals surface area contributed by atoms with Gasteiger partial charge in [0.15, 0.2) is 4.90 Å². The maximum Gasteiger partial charge on any atom is 0.337 e. The smallest absolute Gasteiger partial charge is 0.205 e. The molecule has 0 bridgehead atoms. The summed E-state index contributed by atoms with van der Waals surface area (Å²) in [5, 5.41) is 0. The molecule has 0 saturated heterocycles. The molecule has 0 aromatic heterocycles. The van der Waals surface area contributed by atoms with Crippen molar-refractivity contribution in [2.24, 2.45) is 0 Å². The molecular weight excluding hydrogens is 193 g/mol. The first-order chi connectivity index (χ1) is 5.43. The molecule has 0 aliphatic rings. The van der Waals surface area contributed by atoms with Crippen LogP contribution in [-0.2, 0) is 10.2 Å². The Morgan fingerprint density at radius 1 is 1.08 bits per heavy atom. The van der Waals surface area contributed by atoms with E-state index in [2.05, 4.69) is 0 Å². The highest BCUT2D eigenvalue weighted by molar-refractivity contribution is 7.86. The third-order valence-electron chi connectivity index (χ3n) is 1.16. The summed E-state index contributed by atoms with van der Waals surface area (Å²) in [5.74, 6) is -2.87. The first-order valence-corrected chi connectivity index (χ1v) is 4.20. The van der Waals surface area contributed by atoms with Crippen molar-refractivity contribution >= 4 is 10.2 Å². The van der Waals surface area contributed by atoms with Gasteiger partial charge in [0, 0.05) is 0 Å². The standard InChI is InChI=1S/C6H3F3O2S/c7-4-2-1-3-5(8)6(4)12(9,10)11/h1-3H. The molecule has 0 fully saturated rings. The van der Waals surface area contributed by atoms with Crippen LogP contribution in [0, 0.1) is 11.6 Å². The van der Waals surface area contributed by atoms with E-state index in [1.165, 1.54) is 0 Å². The van der Waals surface area contributed by atoms with Crippen molar-refractivity contribution in [3.8, 4) is 0 Å². The molecule has 0 saturated carbocycles. The molecule has 1 aromatic carbocycles. The van der Waals surface area contributed by atoms with E-state index >= 15 is 0 Å². The Balaban J connectivity index is 3.53. The Bertz CT molecular complexity index is 379. The summed E-state index contributed by atoms with van der Waals surface area (Å²) in [6, 6.07) is 2.27. The van der Waals surface area contributed by atoms with Crippen molar-refractivity contribution in [2.75, 3.05) is 0 Å². The minimum atomic E-state index is -5.31. The highest BCUT2D eigenvalue weighted by atomic mass is 32.3. The molecule has 66 valence electrons. The van der Waals surface area contributed by atoms with Crippen molar-refractivity contribution in [1.82, 2.24) is 0 Å². The predicted octanol–water partition coefficient (Wildman–Crippen LogP) is 1.62. The van der Waals surface area contributed by atoms with Crippen LogP contribution in [0.25, 0.3) is 0 Å². The summed E-state index contributed by atoms with van der Waals surface area (Å²) < 4.78 is 57.4. The quantitative estimate of drug-likeness (QED) is 0.639. The van der Waals surface area contributed by atoms with Crippen LogP contribution in [0.5, 0.6) is 0 Å². The summed E-state index contributed by atoms with van der Waals surface area (Å²) in [4.78, 5) is -1.54. The third kappa shape index (κ3) is 1.58. The Labute approximate surface area is 66.8 Å². The molecule has 12 heavy (non-hydrogen) atoms. The predicted molar refractivity (Wildman–Crippen MR) is 34.7 cm³/mol. The Hall–Kier alpha value is -1.04. The fourth-order valence-electron chi connectivity index (χ4n) is 0.715. The molecule has 6 heteroatoms. The molecule has 0 unspecified atom stereocenters. The molecule has 0 atom stereocenters. The van der Waals surface area contributed by atoms with Crippen LogP contribution in [0.2, 0.25) is 0 Å². The second-order valence-electron chi connectivity index (χ2n) is 1.99. The van der Waals surface area contributed by atoms with Gasteiger partial charge in [0.25, 0.3) is 0 Å². The summed E-state index contributed by atoms with van der Waals surface area (Å²) in [5.41, 5.74) is 0. The summed E-state index contributed by atoms with van der Waals surface area (Å²) in [7, 11) is -5.31. The zero-order chi connectivity index (χ0) is 9.35. The van der Waals surface area contributed by atoms with E-state index in [0.717, 1.165) is 6.07 Å².